The second-order valence-corrected chi connectivity index (χ2v) is 2.22. The summed E-state index contributed by atoms with van der Waals surface area (Å²) in [5, 5.41) is 8.63. The molecule has 0 rings (SSSR count). The fourth-order valence-electron chi connectivity index (χ4n) is 0.441. The van der Waals surface area contributed by atoms with Gasteiger partial charge in [0.1, 0.15) is 5.76 Å². The predicted molar refractivity (Wildman–Crippen MR) is 45.0 cm³/mol. The minimum absolute atomic E-state index is 0.0974. The zero-order valence-electron chi connectivity index (χ0n) is 6.59. The molecular weight excluding hydrogens is 124 g/mol. The number of hydrogen-bond donors (Lipinski definition) is 1. The van der Waals surface area contributed by atoms with Crippen LogP contribution in [0.2, 0.25) is 0 Å². The maximum Gasteiger partial charge on any atom is 0.108 e. The highest BCUT2D eigenvalue weighted by Crippen LogP contribution is 1.98. The molecule has 0 bridgehead atoms. The van der Waals surface area contributed by atoms with Gasteiger partial charge in [-0.05, 0) is 19.4 Å². The summed E-state index contributed by atoms with van der Waals surface area (Å²) in [6.07, 6.45) is 6.37. The average Bonchev–Trinajstić information content (AvgIpc) is 1.87. The van der Waals surface area contributed by atoms with Gasteiger partial charge in [0.05, 0.1) is 0 Å². The molecule has 1 heteroatoms. The number of allylic oxidation sites excluding steroid dienone is 4. The van der Waals surface area contributed by atoms with E-state index in [-0.39, 0.29) is 5.76 Å². The smallest absolute Gasteiger partial charge is 0.108 e. The second kappa shape index (κ2) is 4.86. The van der Waals surface area contributed by atoms with E-state index in [2.05, 4.69) is 13.5 Å². The number of rotatable bonds is 3. The molecule has 0 fully saturated rings. The SMILES string of the molecule is C=C(O)/C=C\C=C(/C)CC. The Kier molecular flexibility index (Phi) is 4.38. The van der Waals surface area contributed by atoms with Gasteiger partial charge in [0.2, 0.25) is 0 Å². The van der Waals surface area contributed by atoms with Crippen LogP contribution in [0, 0.1) is 0 Å². The summed E-state index contributed by atoms with van der Waals surface area (Å²) in [6, 6.07) is 0. The van der Waals surface area contributed by atoms with Crippen LogP contribution < -0.4 is 0 Å². The first-order valence-corrected chi connectivity index (χ1v) is 3.38. The van der Waals surface area contributed by atoms with Crippen molar-refractivity contribution in [1.82, 2.24) is 0 Å². The first-order chi connectivity index (χ1) is 4.66. The van der Waals surface area contributed by atoms with Gasteiger partial charge in [0, 0.05) is 0 Å². The molecule has 0 aliphatic rings. The summed E-state index contributed by atoms with van der Waals surface area (Å²) in [5.74, 6) is 0.0974. The molecule has 0 aromatic heterocycles. The first-order valence-electron chi connectivity index (χ1n) is 3.38. The third-order valence-electron chi connectivity index (χ3n) is 1.23. The first kappa shape index (κ1) is 9.02. The maximum atomic E-state index is 8.63. The molecule has 1 N–H and O–H groups in total. The highest BCUT2D eigenvalue weighted by Gasteiger charge is 1.78. The molecule has 0 atom stereocenters. The molecule has 0 spiro atoms. The van der Waals surface area contributed by atoms with Gasteiger partial charge in [0.15, 0.2) is 0 Å². The highest BCUT2D eigenvalue weighted by atomic mass is 16.3. The molecule has 0 saturated carbocycles. The number of aliphatic hydroxyl groups is 1. The Labute approximate surface area is 62.4 Å². The van der Waals surface area contributed by atoms with E-state index in [0.717, 1.165) is 6.42 Å². The van der Waals surface area contributed by atoms with Crippen molar-refractivity contribution >= 4 is 0 Å². The topological polar surface area (TPSA) is 20.2 Å². The quantitative estimate of drug-likeness (QED) is 0.469. The van der Waals surface area contributed by atoms with Crippen LogP contribution in [0.15, 0.2) is 36.1 Å². The van der Waals surface area contributed by atoms with Crippen molar-refractivity contribution in [2.75, 3.05) is 0 Å². The minimum Gasteiger partial charge on any atom is -0.509 e. The van der Waals surface area contributed by atoms with Gasteiger partial charge in [0.25, 0.3) is 0 Å². The van der Waals surface area contributed by atoms with Crippen molar-refractivity contribution in [3.8, 4) is 0 Å². The Balaban J connectivity index is 3.82. The summed E-state index contributed by atoms with van der Waals surface area (Å²) < 4.78 is 0. The van der Waals surface area contributed by atoms with Crippen molar-refractivity contribution in [3.05, 3.63) is 36.1 Å². The largest absolute Gasteiger partial charge is 0.509 e. The lowest BCUT2D eigenvalue weighted by molar-refractivity contribution is 0.435. The van der Waals surface area contributed by atoms with Crippen LogP contribution >= 0.6 is 0 Å². The predicted octanol–water partition coefficient (Wildman–Crippen LogP) is 2.97. The van der Waals surface area contributed by atoms with Crippen molar-refractivity contribution in [3.63, 3.8) is 0 Å². The Morgan fingerprint density at radius 3 is 2.60 bits per heavy atom. The molecule has 0 radical (unpaired) electrons. The normalized spacial score (nSPS) is 12.4. The molecular formula is C9H14O. The third-order valence-corrected chi connectivity index (χ3v) is 1.23. The summed E-state index contributed by atoms with van der Waals surface area (Å²) in [6.45, 7) is 7.45. The summed E-state index contributed by atoms with van der Waals surface area (Å²) >= 11 is 0. The Morgan fingerprint density at radius 1 is 1.60 bits per heavy atom. The second-order valence-electron chi connectivity index (χ2n) is 2.22. The van der Waals surface area contributed by atoms with Crippen LogP contribution in [0.5, 0.6) is 0 Å². The monoisotopic (exact) mass is 138 g/mol. The van der Waals surface area contributed by atoms with Crippen LogP contribution in [0.3, 0.4) is 0 Å². The number of hydrogen-bond acceptors (Lipinski definition) is 1. The van der Waals surface area contributed by atoms with Crippen LogP contribution in [-0.4, -0.2) is 5.11 Å². The van der Waals surface area contributed by atoms with Gasteiger partial charge in [-0.25, -0.2) is 0 Å². The fraction of sp³-hybridized carbons (Fsp3) is 0.333. The van der Waals surface area contributed by atoms with Crippen LogP contribution in [0.4, 0.5) is 0 Å². The van der Waals surface area contributed by atoms with Crippen LogP contribution in [0.1, 0.15) is 20.3 Å². The van der Waals surface area contributed by atoms with Crippen LogP contribution in [-0.2, 0) is 0 Å². The van der Waals surface area contributed by atoms with Gasteiger partial charge in [-0.1, -0.05) is 31.2 Å². The van der Waals surface area contributed by atoms with Crippen molar-refractivity contribution in [2.24, 2.45) is 0 Å². The molecule has 0 heterocycles. The zero-order valence-corrected chi connectivity index (χ0v) is 6.59. The van der Waals surface area contributed by atoms with E-state index in [1.807, 2.05) is 13.0 Å². The van der Waals surface area contributed by atoms with Crippen molar-refractivity contribution < 1.29 is 5.11 Å². The van der Waals surface area contributed by atoms with E-state index in [1.54, 1.807) is 12.2 Å². The van der Waals surface area contributed by atoms with E-state index >= 15 is 0 Å². The lowest BCUT2D eigenvalue weighted by Crippen LogP contribution is -1.69. The van der Waals surface area contributed by atoms with Gasteiger partial charge >= 0.3 is 0 Å². The molecule has 0 aliphatic heterocycles. The van der Waals surface area contributed by atoms with Crippen molar-refractivity contribution in [2.45, 2.75) is 20.3 Å². The molecule has 10 heavy (non-hydrogen) atoms. The van der Waals surface area contributed by atoms with Gasteiger partial charge < -0.3 is 5.11 Å². The summed E-state index contributed by atoms with van der Waals surface area (Å²) in [7, 11) is 0. The van der Waals surface area contributed by atoms with Gasteiger partial charge in [-0.3, -0.25) is 0 Å². The van der Waals surface area contributed by atoms with E-state index < -0.39 is 0 Å². The molecule has 0 aliphatic carbocycles. The molecule has 0 aromatic rings. The molecule has 56 valence electrons. The average molecular weight is 138 g/mol. The fourth-order valence-corrected chi connectivity index (χ4v) is 0.441. The van der Waals surface area contributed by atoms with E-state index in [9.17, 15) is 0 Å². The zero-order chi connectivity index (χ0) is 7.98. The lowest BCUT2D eigenvalue weighted by atomic mass is 10.2. The van der Waals surface area contributed by atoms with Gasteiger partial charge in [-0.2, -0.15) is 0 Å². The van der Waals surface area contributed by atoms with Crippen LogP contribution in [0.25, 0.3) is 0 Å². The molecule has 0 saturated heterocycles. The Bertz CT molecular complexity index is 164. The summed E-state index contributed by atoms with van der Waals surface area (Å²) in [4.78, 5) is 0. The lowest BCUT2D eigenvalue weighted by Gasteiger charge is -1.88. The molecule has 0 amide bonds. The van der Waals surface area contributed by atoms with E-state index in [4.69, 9.17) is 5.11 Å². The van der Waals surface area contributed by atoms with E-state index in [1.165, 1.54) is 5.57 Å². The van der Waals surface area contributed by atoms with Crippen molar-refractivity contribution in [1.29, 1.82) is 0 Å². The molecule has 0 unspecified atom stereocenters. The Hall–Kier alpha value is -0.980. The highest BCUT2D eigenvalue weighted by molar-refractivity contribution is 5.16. The minimum atomic E-state index is 0.0974. The van der Waals surface area contributed by atoms with E-state index in [0.29, 0.717) is 0 Å². The summed E-state index contributed by atoms with van der Waals surface area (Å²) in [5.41, 5.74) is 1.29. The standard InChI is InChI=1S/C9H14O/c1-4-8(2)6-5-7-9(3)10/h5-7,10H,3-4H2,1-2H3/b7-5-,8-6+. The maximum absolute atomic E-state index is 8.63. The molecule has 0 aromatic carbocycles. The molecule has 1 nitrogen and oxygen atoms in total. The van der Waals surface area contributed by atoms with Gasteiger partial charge in [-0.15, -0.1) is 0 Å². The Morgan fingerprint density at radius 2 is 2.20 bits per heavy atom. The number of aliphatic hydroxyl groups excluding tert-OH is 1. The third kappa shape index (κ3) is 5.16.